The highest BCUT2D eigenvalue weighted by molar-refractivity contribution is 7.98. The van der Waals surface area contributed by atoms with Crippen LogP contribution in [0.5, 0.6) is 0 Å². The Kier molecular flexibility index (Phi) is 9.55. The summed E-state index contributed by atoms with van der Waals surface area (Å²) in [5.74, 6) is -0.429. The highest BCUT2D eigenvalue weighted by atomic mass is 32.2. The number of carbonyl (C=O) groups excluding carboxylic acids is 3. The molecule has 1 aromatic carbocycles. The summed E-state index contributed by atoms with van der Waals surface area (Å²) in [6, 6.07) is 3.40. The van der Waals surface area contributed by atoms with E-state index in [-0.39, 0.29) is 12.5 Å². The van der Waals surface area contributed by atoms with Gasteiger partial charge in [-0.1, -0.05) is 19.1 Å². The summed E-state index contributed by atoms with van der Waals surface area (Å²) in [7, 11) is 1.33. The largest absolute Gasteiger partial charge is 0.465 e. The van der Waals surface area contributed by atoms with Gasteiger partial charge in [0.1, 0.15) is 10.5 Å². The van der Waals surface area contributed by atoms with E-state index in [0.29, 0.717) is 34.9 Å². The third-order valence-electron chi connectivity index (χ3n) is 5.24. The van der Waals surface area contributed by atoms with E-state index in [1.54, 1.807) is 39.0 Å². The van der Waals surface area contributed by atoms with Crippen molar-refractivity contribution in [1.82, 2.24) is 19.9 Å². The average Bonchev–Trinajstić information content (AvgIpc) is 3.41. The topological polar surface area (TPSA) is 124 Å². The standard InChI is InChI=1S/C26H33N5O5S2/c1-8-17-21(38-15(2)28-17)22(32)30-24-29-18-13-16(23(33)35-6)14-19(37-7)20(18)31(24)12-10-9-11-27-25(34)36-26(3,4)5/h9-10,13-14H,8,11-12H2,1-7H3,(H,27,34)(H,29,30,32)/b10-9+. The Bertz CT molecular complexity index is 1370. The minimum absolute atomic E-state index is 0.269. The number of carbonyl (C=O) groups is 3. The molecule has 12 heteroatoms. The highest BCUT2D eigenvalue weighted by Crippen LogP contribution is 2.32. The number of amides is 2. The van der Waals surface area contributed by atoms with E-state index in [0.717, 1.165) is 21.1 Å². The van der Waals surface area contributed by atoms with Crippen LogP contribution in [0.15, 0.2) is 29.2 Å². The van der Waals surface area contributed by atoms with Crippen molar-refractivity contribution >= 4 is 58.1 Å². The Morgan fingerprint density at radius 3 is 2.55 bits per heavy atom. The maximum absolute atomic E-state index is 13.2. The number of ether oxygens (including phenoxy) is 2. The normalized spacial score (nSPS) is 11.7. The van der Waals surface area contributed by atoms with E-state index in [2.05, 4.69) is 20.6 Å². The summed E-state index contributed by atoms with van der Waals surface area (Å²) in [5.41, 5.74) is 1.83. The molecule has 3 rings (SSSR count). The fraction of sp³-hybridized carbons (Fsp3) is 0.423. The van der Waals surface area contributed by atoms with Gasteiger partial charge in [-0.05, 0) is 52.5 Å². The van der Waals surface area contributed by atoms with E-state index in [1.165, 1.54) is 30.2 Å². The summed E-state index contributed by atoms with van der Waals surface area (Å²) in [4.78, 5) is 47.8. The number of alkyl carbamates (subject to hydrolysis) is 1. The van der Waals surface area contributed by atoms with Crippen molar-refractivity contribution in [2.75, 3.05) is 25.2 Å². The van der Waals surface area contributed by atoms with E-state index in [9.17, 15) is 14.4 Å². The highest BCUT2D eigenvalue weighted by Gasteiger charge is 2.22. The van der Waals surface area contributed by atoms with Gasteiger partial charge < -0.3 is 19.4 Å². The molecule has 0 spiro atoms. The number of thiazole rings is 1. The van der Waals surface area contributed by atoms with E-state index in [1.807, 2.05) is 30.7 Å². The van der Waals surface area contributed by atoms with Crippen molar-refractivity contribution in [2.45, 2.75) is 58.1 Å². The van der Waals surface area contributed by atoms with Gasteiger partial charge in [-0.3, -0.25) is 10.1 Å². The predicted molar refractivity (Wildman–Crippen MR) is 150 cm³/mol. The Hall–Kier alpha value is -3.38. The molecule has 2 amide bonds. The van der Waals surface area contributed by atoms with E-state index in [4.69, 9.17) is 9.47 Å². The maximum Gasteiger partial charge on any atom is 0.407 e. The third kappa shape index (κ3) is 7.13. The second-order valence-corrected chi connectivity index (χ2v) is 11.3. The molecule has 2 heterocycles. The number of hydrogen-bond acceptors (Lipinski definition) is 9. The summed E-state index contributed by atoms with van der Waals surface area (Å²) in [6.45, 7) is 9.85. The first-order valence-corrected chi connectivity index (χ1v) is 14.1. The molecule has 0 atom stereocenters. The van der Waals surface area contributed by atoms with Gasteiger partial charge in [-0.25, -0.2) is 19.6 Å². The zero-order chi connectivity index (χ0) is 28.0. The molecule has 10 nitrogen and oxygen atoms in total. The zero-order valence-corrected chi connectivity index (χ0v) is 24.3. The quantitative estimate of drug-likeness (QED) is 0.208. The van der Waals surface area contributed by atoms with Gasteiger partial charge >= 0.3 is 12.1 Å². The number of nitrogens with one attached hydrogen (secondary N) is 2. The lowest BCUT2D eigenvalue weighted by atomic mass is 10.2. The number of nitrogens with zero attached hydrogens (tertiary/aromatic N) is 3. The molecule has 2 aromatic heterocycles. The molecule has 0 saturated heterocycles. The number of aromatic nitrogens is 3. The Morgan fingerprint density at radius 1 is 1.18 bits per heavy atom. The van der Waals surface area contributed by atoms with E-state index >= 15 is 0 Å². The van der Waals surface area contributed by atoms with Crippen LogP contribution in [0.3, 0.4) is 0 Å². The van der Waals surface area contributed by atoms with Gasteiger partial charge in [-0.2, -0.15) is 0 Å². The number of benzene rings is 1. The van der Waals surface area contributed by atoms with Crippen LogP contribution in [0.4, 0.5) is 10.7 Å². The molecule has 0 aliphatic heterocycles. The van der Waals surface area contributed by atoms with Crippen LogP contribution in [0.2, 0.25) is 0 Å². The number of hydrogen-bond donors (Lipinski definition) is 2. The van der Waals surface area contributed by atoms with Gasteiger partial charge in [-0.15, -0.1) is 23.1 Å². The molecule has 0 aliphatic carbocycles. The summed E-state index contributed by atoms with van der Waals surface area (Å²) < 4.78 is 12.0. The fourth-order valence-corrected chi connectivity index (χ4v) is 5.22. The molecular weight excluding hydrogens is 526 g/mol. The number of rotatable bonds is 9. The van der Waals surface area contributed by atoms with Crippen LogP contribution in [0.1, 0.15) is 58.4 Å². The van der Waals surface area contributed by atoms with Crippen molar-refractivity contribution in [1.29, 1.82) is 0 Å². The molecule has 0 radical (unpaired) electrons. The van der Waals surface area contributed by atoms with Crippen LogP contribution in [0.25, 0.3) is 11.0 Å². The van der Waals surface area contributed by atoms with E-state index < -0.39 is 17.7 Å². The number of imidazole rings is 1. The maximum atomic E-state index is 13.2. The number of methoxy groups -OCH3 is 1. The smallest absolute Gasteiger partial charge is 0.407 e. The molecule has 38 heavy (non-hydrogen) atoms. The molecule has 2 N–H and O–H groups in total. The van der Waals surface area contributed by atoms with Gasteiger partial charge in [0.25, 0.3) is 5.91 Å². The van der Waals surface area contributed by atoms with Crippen LogP contribution in [-0.2, 0) is 22.4 Å². The number of thioether (sulfide) groups is 1. The van der Waals surface area contributed by atoms with Crippen LogP contribution in [-0.4, -0.2) is 58.0 Å². The molecule has 0 fully saturated rings. The van der Waals surface area contributed by atoms with Crippen molar-refractivity contribution in [3.8, 4) is 0 Å². The number of esters is 1. The van der Waals surface area contributed by atoms with Crippen molar-refractivity contribution < 1.29 is 23.9 Å². The Balaban J connectivity index is 1.94. The fourth-order valence-electron chi connectivity index (χ4n) is 3.66. The van der Waals surface area contributed by atoms with Crippen molar-refractivity contribution in [2.24, 2.45) is 0 Å². The summed E-state index contributed by atoms with van der Waals surface area (Å²) in [6.07, 6.45) is 5.69. The van der Waals surface area contributed by atoms with Gasteiger partial charge in [0.05, 0.1) is 34.4 Å². The van der Waals surface area contributed by atoms with Crippen LogP contribution in [0, 0.1) is 6.92 Å². The first-order valence-electron chi connectivity index (χ1n) is 12.0. The molecule has 0 aliphatic rings. The number of aryl methyl sites for hydroxylation is 2. The Morgan fingerprint density at radius 2 is 1.92 bits per heavy atom. The minimum Gasteiger partial charge on any atom is -0.465 e. The summed E-state index contributed by atoms with van der Waals surface area (Å²) in [5, 5.41) is 6.44. The van der Waals surface area contributed by atoms with Gasteiger partial charge in [0.2, 0.25) is 5.95 Å². The lowest BCUT2D eigenvalue weighted by Gasteiger charge is -2.19. The number of fused-ring (bicyclic) bond motifs is 1. The molecule has 0 saturated carbocycles. The van der Waals surface area contributed by atoms with Gasteiger partial charge in [0.15, 0.2) is 0 Å². The minimum atomic E-state index is -0.581. The van der Waals surface area contributed by atoms with Crippen molar-refractivity contribution in [3.05, 3.63) is 45.4 Å². The number of allylic oxidation sites excluding steroid dienone is 1. The first kappa shape index (κ1) is 29.2. The SMILES string of the molecule is CCc1nc(C)sc1C(=O)Nc1nc2cc(C(=O)OC)cc(SC)c2n1C/C=C/CNC(=O)OC(C)(C)C. The number of anilines is 1. The molecular formula is C26H33N5O5S2. The first-order chi connectivity index (χ1) is 18.0. The molecule has 204 valence electrons. The lowest BCUT2D eigenvalue weighted by Crippen LogP contribution is -2.32. The predicted octanol–water partition coefficient (Wildman–Crippen LogP) is 5.21. The van der Waals surface area contributed by atoms with Crippen LogP contribution < -0.4 is 10.6 Å². The molecule has 0 unspecified atom stereocenters. The second-order valence-electron chi connectivity index (χ2n) is 9.25. The third-order valence-corrected chi connectivity index (χ3v) is 7.00. The molecule has 3 aromatic rings. The van der Waals surface area contributed by atoms with Crippen LogP contribution >= 0.6 is 23.1 Å². The van der Waals surface area contributed by atoms with Gasteiger partial charge in [0, 0.05) is 18.0 Å². The lowest BCUT2D eigenvalue weighted by molar-refractivity contribution is 0.0532. The second kappa shape index (κ2) is 12.4. The molecule has 0 bridgehead atoms. The average molecular weight is 560 g/mol. The summed E-state index contributed by atoms with van der Waals surface area (Å²) >= 11 is 2.79. The Labute approximate surface area is 230 Å². The van der Waals surface area contributed by atoms with Crippen molar-refractivity contribution in [3.63, 3.8) is 0 Å². The monoisotopic (exact) mass is 559 g/mol. The zero-order valence-electron chi connectivity index (χ0n) is 22.6.